The Morgan fingerprint density at radius 1 is 1.10 bits per heavy atom. The van der Waals surface area contributed by atoms with Crippen LogP contribution in [0.5, 0.6) is 0 Å². The summed E-state index contributed by atoms with van der Waals surface area (Å²) in [6.07, 6.45) is 4.96. The van der Waals surface area contributed by atoms with Crippen LogP contribution >= 0.6 is 0 Å². The molecule has 2 aromatic heterocycles. The highest BCUT2D eigenvalue weighted by atomic mass is 16.5. The fraction of sp³-hybridized carbons (Fsp3) is 0.478. The Balaban J connectivity index is 1.73. The molecular weight excluding hydrogens is 396 g/mol. The van der Waals surface area contributed by atoms with Gasteiger partial charge < -0.3 is 24.1 Å². The standard InChI is InChI=1S/C23H28N4O4/c1-29-8-7-27-19-9-16-15-6-4-5-14-11-24-26-20(14)21(15)25-18(16)10-17(19)23(12-30-2,13-31-3)22(27)28/h9-11,25H,4-8,12-13H2,1-3H3,(H,24,26). The second-order valence-electron chi connectivity index (χ2n) is 8.42. The van der Waals surface area contributed by atoms with E-state index in [0.29, 0.717) is 13.2 Å². The number of hydrogen-bond donors (Lipinski definition) is 2. The average Bonchev–Trinajstić information content (AvgIpc) is 3.39. The molecule has 8 nitrogen and oxygen atoms in total. The molecule has 3 aromatic rings. The van der Waals surface area contributed by atoms with E-state index in [0.717, 1.165) is 52.8 Å². The van der Waals surface area contributed by atoms with Crippen LogP contribution in [0.2, 0.25) is 0 Å². The summed E-state index contributed by atoms with van der Waals surface area (Å²) < 4.78 is 16.3. The van der Waals surface area contributed by atoms with Crippen molar-refractivity contribution in [2.45, 2.75) is 24.7 Å². The first-order valence-electron chi connectivity index (χ1n) is 10.6. The molecule has 31 heavy (non-hydrogen) atoms. The molecule has 164 valence electrons. The summed E-state index contributed by atoms with van der Waals surface area (Å²) in [6, 6.07) is 4.26. The maximum atomic E-state index is 13.6. The number of carbonyl (C=O) groups is 1. The topological polar surface area (TPSA) is 92.5 Å². The van der Waals surface area contributed by atoms with E-state index < -0.39 is 5.41 Å². The summed E-state index contributed by atoms with van der Waals surface area (Å²) in [5.74, 6) is -0.00199. The van der Waals surface area contributed by atoms with Crippen LogP contribution in [0.1, 0.15) is 23.1 Å². The molecule has 1 aliphatic heterocycles. The molecule has 0 fully saturated rings. The van der Waals surface area contributed by atoms with Crippen molar-refractivity contribution in [1.29, 1.82) is 0 Å². The molecular formula is C23H28N4O4. The number of amides is 1. The lowest BCUT2D eigenvalue weighted by Crippen LogP contribution is -2.47. The van der Waals surface area contributed by atoms with Gasteiger partial charge in [-0.2, -0.15) is 5.10 Å². The van der Waals surface area contributed by atoms with Gasteiger partial charge in [0.15, 0.2) is 0 Å². The maximum Gasteiger partial charge on any atom is 0.242 e. The van der Waals surface area contributed by atoms with Crippen molar-refractivity contribution in [2.24, 2.45) is 0 Å². The largest absolute Gasteiger partial charge is 0.383 e. The normalized spacial score (nSPS) is 17.0. The maximum absolute atomic E-state index is 13.6. The van der Waals surface area contributed by atoms with Gasteiger partial charge in [0.05, 0.1) is 37.4 Å². The van der Waals surface area contributed by atoms with Gasteiger partial charge in [0.25, 0.3) is 0 Å². The zero-order valence-corrected chi connectivity index (χ0v) is 18.2. The number of H-pyrrole nitrogens is 2. The Kier molecular flexibility index (Phi) is 5.08. The first-order chi connectivity index (χ1) is 15.1. The first kappa shape index (κ1) is 20.2. The monoisotopic (exact) mass is 424 g/mol. The number of methoxy groups -OCH3 is 3. The lowest BCUT2D eigenvalue weighted by molar-refractivity contribution is -0.127. The van der Waals surface area contributed by atoms with E-state index in [1.54, 1.807) is 21.3 Å². The van der Waals surface area contributed by atoms with E-state index in [4.69, 9.17) is 14.2 Å². The second-order valence-corrected chi connectivity index (χ2v) is 8.42. The average molecular weight is 425 g/mol. The highest BCUT2D eigenvalue weighted by molar-refractivity contribution is 6.11. The Bertz CT molecular complexity index is 1130. The molecule has 1 aromatic carbocycles. The number of aryl methyl sites for hydroxylation is 2. The minimum atomic E-state index is -0.873. The quantitative estimate of drug-likeness (QED) is 0.608. The number of hydrogen-bond acceptors (Lipinski definition) is 5. The van der Waals surface area contributed by atoms with Crippen LogP contribution in [0.3, 0.4) is 0 Å². The van der Waals surface area contributed by atoms with E-state index in [-0.39, 0.29) is 19.1 Å². The van der Waals surface area contributed by atoms with Crippen LogP contribution in [0.25, 0.3) is 22.3 Å². The smallest absolute Gasteiger partial charge is 0.242 e. The Labute approximate surface area is 180 Å². The van der Waals surface area contributed by atoms with Gasteiger partial charge in [-0.1, -0.05) is 0 Å². The van der Waals surface area contributed by atoms with Gasteiger partial charge in [-0.05, 0) is 48.1 Å². The summed E-state index contributed by atoms with van der Waals surface area (Å²) in [7, 11) is 4.89. The number of aromatic nitrogens is 3. The van der Waals surface area contributed by atoms with Gasteiger partial charge in [-0.15, -0.1) is 0 Å². The number of carbonyl (C=O) groups excluding carboxylic acids is 1. The van der Waals surface area contributed by atoms with Crippen LogP contribution in [0.4, 0.5) is 5.69 Å². The second kappa shape index (κ2) is 7.78. The third kappa shape index (κ3) is 2.93. The summed E-state index contributed by atoms with van der Waals surface area (Å²) in [5.41, 5.74) is 6.68. The molecule has 2 aliphatic rings. The van der Waals surface area contributed by atoms with Gasteiger partial charge in [0.1, 0.15) is 5.41 Å². The van der Waals surface area contributed by atoms with Gasteiger partial charge in [0.2, 0.25) is 5.91 Å². The molecule has 0 saturated heterocycles. The first-order valence-corrected chi connectivity index (χ1v) is 10.6. The molecule has 1 aliphatic carbocycles. The number of fused-ring (bicyclic) bond motifs is 6. The minimum absolute atomic E-state index is 0.00199. The Morgan fingerprint density at radius 2 is 1.90 bits per heavy atom. The molecule has 0 radical (unpaired) electrons. The zero-order chi connectivity index (χ0) is 21.6. The Hall–Kier alpha value is -2.68. The molecule has 8 heteroatoms. The van der Waals surface area contributed by atoms with E-state index in [2.05, 4.69) is 27.3 Å². The lowest BCUT2D eigenvalue weighted by Gasteiger charge is -2.27. The summed E-state index contributed by atoms with van der Waals surface area (Å²) in [6.45, 7) is 1.46. The molecule has 5 rings (SSSR count). The minimum Gasteiger partial charge on any atom is -0.383 e. The molecule has 0 unspecified atom stereocenters. The number of nitrogens with one attached hydrogen (secondary N) is 2. The van der Waals surface area contributed by atoms with Crippen molar-refractivity contribution in [3.8, 4) is 11.4 Å². The van der Waals surface area contributed by atoms with E-state index in [9.17, 15) is 4.79 Å². The van der Waals surface area contributed by atoms with Crippen molar-refractivity contribution in [2.75, 3.05) is 52.6 Å². The molecule has 0 bridgehead atoms. The summed E-state index contributed by atoms with van der Waals surface area (Å²) in [5, 5.41) is 8.58. The fourth-order valence-corrected chi connectivity index (χ4v) is 5.24. The van der Waals surface area contributed by atoms with Crippen molar-refractivity contribution in [1.82, 2.24) is 15.2 Å². The van der Waals surface area contributed by atoms with Crippen molar-refractivity contribution in [3.05, 3.63) is 35.0 Å². The van der Waals surface area contributed by atoms with E-state index in [1.807, 2.05) is 11.1 Å². The van der Waals surface area contributed by atoms with Gasteiger partial charge in [0, 0.05) is 44.5 Å². The molecule has 0 spiro atoms. The molecule has 0 atom stereocenters. The zero-order valence-electron chi connectivity index (χ0n) is 18.2. The van der Waals surface area contributed by atoms with Crippen LogP contribution in [-0.4, -0.2) is 68.8 Å². The number of aromatic amines is 2. The van der Waals surface area contributed by atoms with Crippen LogP contribution < -0.4 is 4.90 Å². The predicted octanol–water partition coefficient (Wildman–Crippen LogP) is 2.57. The van der Waals surface area contributed by atoms with Crippen molar-refractivity contribution in [3.63, 3.8) is 0 Å². The molecule has 2 N–H and O–H groups in total. The van der Waals surface area contributed by atoms with Crippen LogP contribution in [0, 0.1) is 0 Å². The van der Waals surface area contributed by atoms with Crippen molar-refractivity contribution < 1.29 is 19.0 Å². The summed E-state index contributed by atoms with van der Waals surface area (Å²) in [4.78, 5) is 19.1. The van der Waals surface area contributed by atoms with Gasteiger partial charge in [-0.25, -0.2) is 0 Å². The highest BCUT2D eigenvalue weighted by Crippen LogP contribution is 2.46. The summed E-state index contributed by atoms with van der Waals surface area (Å²) >= 11 is 0. The molecule has 1 amide bonds. The number of ether oxygens (including phenoxy) is 3. The SMILES string of the molecule is COCCN1C(=O)C(COC)(COC)c2cc3[nH]c4c(c3cc21)CCCc1cn[nH]c1-4. The lowest BCUT2D eigenvalue weighted by atomic mass is 9.82. The van der Waals surface area contributed by atoms with Crippen LogP contribution in [-0.2, 0) is 37.3 Å². The highest BCUT2D eigenvalue weighted by Gasteiger charge is 2.51. The number of benzene rings is 1. The van der Waals surface area contributed by atoms with Crippen LogP contribution in [0.15, 0.2) is 18.3 Å². The Morgan fingerprint density at radius 3 is 2.65 bits per heavy atom. The third-order valence-corrected chi connectivity index (χ3v) is 6.62. The number of rotatable bonds is 7. The molecule has 3 heterocycles. The fourth-order valence-electron chi connectivity index (χ4n) is 5.24. The number of anilines is 1. The van der Waals surface area contributed by atoms with Gasteiger partial charge >= 0.3 is 0 Å². The molecule has 0 saturated carbocycles. The van der Waals surface area contributed by atoms with Gasteiger partial charge in [-0.3, -0.25) is 9.89 Å². The third-order valence-electron chi connectivity index (χ3n) is 6.62. The number of nitrogens with zero attached hydrogens (tertiary/aromatic N) is 2. The predicted molar refractivity (Wildman–Crippen MR) is 118 cm³/mol. The van der Waals surface area contributed by atoms with Crippen molar-refractivity contribution >= 4 is 22.5 Å². The van der Waals surface area contributed by atoms with E-state index in [1.165, 1.54) is 11.1 Å². The van der Waals surface area contributed by atoms with E-state index >= 15 is 0 Å².